The number of nitrogens with one attached hydrogen (secondary N) is 1. The van der Waals surface area contributed by atoms with E-state index in [1.807, 2.05) is 48.2 Å². The maximum atomic E-state index is 12.8. The normalized spacial score (nSPS) is 16.1. The molecule has 3 rings (SSSR count). The summed E-state index contributed by atoms with van der Waals surface area (Å²) in [6, 6.07) is 14.7. The molecule has 6 nitrogen and oxygen atoms in total. The van der Waals surface area contributed by atoms with Gasteiger partial charge < -0.3 is 5.32 Å². The summed E-state index contributed by atoms with van der Waals surface area (Å²) in [7, 11) is -3.49. The van der Waals surface area contributed by atoms with E-state index in [-0.39, 0.29) is 12.5 Å². The molecule has 1 heterocycles. The molecule has 0 aromatic heterocycles. The molecule has 156 valence electrons. The maximum absolute atomic E-state index is 12.8. The second-order valence-electron chi connectivity index (χ2n) is 7.78. The molecule has 0 saturated carbocycles. The number of benzene rings is 2. The van der Waals surface area contributed by atoms with Crippen molar-refractivity contribution in [3.63, 3.8) is 0 Å². The predicted molar refractivity (Wildman–Crippen MR) is 116 cm³/mol. The van der Waals surface area contributed by atoms with Crippen molar-refractivity contribution in [1.82, 2.24) is 9.21 Å². The molecule has 0 atom stereocenters. The van der Waals surface area contributed by atoms with Gasteiger partial charge in [-0.2, -0.15) is 4.31 Å². The van der Waals surface area contributed by atoms with Crippen LogP contribution in [0, 0.1) is 6.92 Å². The lowest BCUT2D eigenvalue weighted by Crippen LogP contribution is -2.50. The summed E-state index contributed by atoms with van der Waals surface area (Å²) >= 11 is 0. The first-order valence-corrected chi connectivity index (χ1v) is 11.4. The first-order valence-electron chi connectivity index (χ1n) is 9.95. The van der Waals surface area contributed by atoms with Gasteiger partial charge in [0.05, 0.1) is 11.4 Å². The quantitative estimate of drug-likeness (QED) is 0.787. The monoisotopic (exact) mass is 415 g/mol. The van der Waals surface area contributed by atoms with E-state index in [0.717, 1.165) is 16.8 Å². The molecule has 1 N–H and O–H groups in total. The Kier molecular flexibility index (Phi) is 6.72. The lowest BCUT2D eigenvalue weighted by molar-refractivity contribution is -0.117. The Bertz CT molecular complexity index is 948. The minimum Gasteiger partial charge on any atom is -0.325 e. The van der Waals surface area contributed by atoms with Crippen LogP contribution >= 0.6 is 0 Å². The number of para-hydroxylation sites is 1. The van der Waals surface area contributed by atoms with Crippen LogP contribution in [0.3, 0.4) is 0 Å². The van der Waals surface area contributed by atoms with Gasteiger partial charge in [0, 0.05) is 31.9 Å². The second-order valence-corrected chi connectivity index (χ2v) is 9.72. The number of amides is 1. The summed E-state index contributed by atoms with van der Waals surface area (Å²) in [5.41, 5.74) is 2.97. The molecule has 2 aromatic rings. The van der Waals surface area contributed by atoms with Crippen LogP contribution in [-0.4, -0.2) is 56.3 Å². The topological polar surface area (TPSA) is 69.7 Å². The average molecular weight is 416 g/mol. The van der Waals surface area contributed by atoms with Gasteiger partial charge >= 0.3 is 0 Å². The number of rotatable bonds is 6. The number of piperazine rings is 1. The maximum Gasteiger partial charge on any atom is 0.243 e. The molecule has 29 heavy (non-hydrogen) atoms. The highest BCUT2D eigenvalue weighted by atomic mass is 32.2. The van der Waals surface area contributed by atoms with E-state index in [1.54, 1.807) is 12.1 Å². The van der Waals surface area contributed by atoms with Crippen LogP contribution in [0.5, 0.6) is 0 Å². The summed E-state index contributed by atoms with van der Waals surface area (Å²) in [5, 5.41) is 3.00. The third-order valence-corrected chi connectivity index (χ3v) is 7.13. The molecular formula is C22H29N3O3S. The molecule has 0 aliphatic carbocycles. The van der Waals surface area contributed by atoms with E-state index in [0.29, 0.717) is 37.0 Å². The Balaban J connectivity index is 1.56. The number of carbonyl (C=O) groups is 1. The first-order chi connectivity index (χ1) is 13.8. The lowest BCUT2D eigenvalue weighted by atomic mass is 10.0. The fourth-order valence-electron chi connectivity index (χ4n) is 3.49. The van der Waals surface area contributed by atoms with Gasteiger partial charge in [0.2, 0.25) is 15.9 Å². The summed E-state index contributed by atoms with van der Waals surface area (Å²) < 4.78 is 27.1. The molecule has 0 radical (unpaired) electrons. The van der Waals surface area contributed by atoms with Gasteiger partial charge in [-0.1, -0.05) is 49.7 Å². The molecule has 1 aliphatic rings. The standard InChI is InChI=1S/C22H29N3O3S/c1-17(2)20-6-4-5-7-21(20)23-22(26)16-24-12-14-25(15-13-24)29(27,28)19-10-8-18(3)9-11-19/h4-11,17H,12-16H2,1-3H3,(H,23,26). The largest absolute Gasteiger partial charge is 0.325 e. The van der Waals surface area contributed by atoms with Crippen molar-refractivity contribution in [3.8, 4) is 0 Å². The first kappa shape index (κ1) is 21.5. The summed E-state index contributed by atoms with van der Waals surface area (Å²) in [5.74, 6) is 0.245. The average Bonchev–Trinajstić information content (AvgIpc) is 2.69. The van der Waals surface area contributed by atoms with Gasteiger partial charge in [-0.05, 0) is 36.6 Å². The number of hydrogen-bond donors (Lipinski definition) is 1. The Morgan fingerprint density at radius 3 is 2.24 bits per heavy atom. The molecule has 1 amide bonds. The molecule has 7 heteroatoms. The molecule has 2 aromatic carbocycles. The number of carbonyl (C=O) groups excluding carboxylic acids is 1. The third kappa shape index (κ3) is 5.23. The summed E-state index contributed by atoms with van der Waals surface area (Å²) in [6.45, 7) is 8.20. The van der Waals surface area contributed by atoms with Crippen LogP contribution in [0.1, 0.15) is 30.9 Å². The zero-order valence-electron chi connectivity index (χ0n) is 17.3. The molecule has 0 spiro atoms. The minimum atomic E-state index is -3.49. The number of sulfonamides is 1. The second kappa shape index (κ2) is 9.07. The summed E-state index contributed by atoms with van der Waals surface area (Å²) in [4.78, 5) is 14.8. The highest BCUT2D eigenvalue weighted by Gasteiger charge is 2.29. The van der Waals surface area contributed by atoms with Gasteiger partial charge in [0.25, 0.3) is 0 Å². The molecule has 1 aliphatic heterocycles. The van der Waals surface area contributed by atoms with Crippen molar-refractivity contribution in [2.75, 3.05) is 38.0 Å². The van der Waals surface area contributed by atoms with E-state index >= 15 is 0 Å². The summed E-state index contributed by atoms with van der Waals surface area (Å²) in [6.07, 6.45) is 0. The van der Waals surface area contributed by atoms with Gasteiger partial charge in [-0.3, -0.25) is 9.69 Å². The van der Waals surface area contributed by atoms with E-state index < -0.39 is 10.0 Å². The Hall–Kier alpha value is -2.22. The SMILES string of the molecule is Cc1ccc(S(=O)(=O)N2CCN(CC(=O)Nc3ccccc3C(C)C)CC2)cc1. The number of aryl methyl sites for hydroxylation is 1. The Labute approximate surface area is 173 Å². The van der Waals surface area contributed by atoms with Gasteiger partial charge in [0.1, 0.15) is 0 Å². The van der Waals surface area contributed by atoms with Gasteiger partial charge in [-0.25, -0.2) is 8.42 Å². The predicted octanol–water partition coefficient (Wildman–Crippen LogP) is 3.06. The van der Waals surface area contributed by atoms with Gasteiger partial charge in [-0.15, -0.1) is 0 Å². The zero-order chi connectivity index (χ0) is 21.0. The number of nitrogens with zero attached hydrogens (tertiary/aromatic N) is 2. The van der Waals surface area contributed by atoms with Crippen LogP contribution in [0.2, 0.25) is 0 Å². The van der Waals surface area contributed by atoms with Crippen LogP contribution < -0.4 is 5.32 Å². The highest BCUT2D eigenvalue weighted by Crippen LogP contribution is 2.24. The van der Waals surface area contributed by atoms with Crippen molar-refractivity contribution in [2.45, 2.75) is 31.6 Å². The molecule has 1 fully saturated rings. The lowest BCUT2D eigenvalue weighted by Gasteiger charge is -2.33. The van der Waals surface area contributed by atoms with E-state index in [4.69, 9.17) is 0 Å². The van der Waals surface area contributed by atoms with E-state index in [9.17, 15) is 13.2 Å². The van der Waals surface area contributed by atoms with E-state index in [1.165, 1.54) is 4.31 Å². The molecular weight excluding hydrogens is 386 g/mol. The molecule has 0 unspecified atom stereocenters. The fraction of sp³-hybridized carbons (Fsp3) is 0.409. The van der Waals surface area contributed by atoms with Crippen molar-refractivity contribution in [3.05, 3.63) is 59.7 Å². The van der Waals surface area contributed by atoms with Crippen LogP contribution in [-0.2, 0) is 14.8 Å². The Morgan fingerprint density at radius 2 is 1.62 bits per heavy atom. The van der Waals surface area contributed by atoms with Crippen molar-refractivity contribution in [1.29, 1.82) is 0 Å². The zero-order valence-corrected chi connectivity index (χ0v) is 18.1. The van der Waals surface area contributed by atoms with Crippen LogP contribution in [0.25, 0.3) is 0 Å². The molecule has 1 saturated heterocycles. The van der Waals surface area contributed by atoms with Crippen LogP contribution in [0.4, 0.5) is 5.69 Å². The van der Waals surface area contributed by atoms with Crippen LogP contribution in [0.15, 0.2) is 53.4 Å². The smallest absolute Gasteiger partial charge is 0.243 e. The van der Waals surface area contributed by atoms with Crippen molar-refractivity contribution >= 4 is 21.6 Å². The van der Waals surface area contributed by atoms with Crippen molar-refractivity contribution in [2.24, 2.45) is 0 Å². The fourth-order valence-corrected chi connectivity index (χ4v) is 4.92. The number of anilines is 1. The van der Waals surface area contributed by atoms with E-state index in [2.05, 4.69) is 19.2 Å². The van der Waals surface area contributed by atoms with Crippen molar-refractivity contribution < 1.29 is 13.2 Å². The minimum absolute atomic E-state index is 0.0760. The number of hydrogen-bond acceptors (Lipinski definition) is 4. The third-order valence-electron chi connectivity index (χ3n) is 5.21. The molecule has 0 bridgehead atoms. The highest BCUT2D eigenvalue weighted by molar-refractivity contribution is 7.89. The Morgan fingerprint density at radius 1 is 1.00 bits per heavy atom. The van der Waals surface area contributed by atoms with Gasteiger partial charge in [0.15, 0.2) is 0 Å².